The molecule has 0 aromatic rings. The maximum absolute atomic E-state index is 11.5. The summed E-state index contributed by atoms with van der Waals surface area (Å²) in [6.45, 7) is 5.11. The third-order valence-corrected chi connectivity index (χ3v) is 1.73. The van der Waals surface area contributed by atoms with Gasteiger partial charge in [-0.3, -0.25) is 15.2 Å². The van der Waals surface area contributed by atoms with Gasteiger partial charge in [-0.25, -0.2) is 15.6 Å². The number of aliphatic imine (C=N–C) groups is 1. The molecule has 0 bridgehead atoms. The van der Waals surface area contributed by atoms with Gasteiger partial charge in [0, 0.05) is 13.2 Å². The average molecular weight is 285 g/mol. The van der Waals surface area contributed by atoms with Crippen molar-refractivity contribution in [2.45, 2.75) is 26.4 Å². The van der Waals surface area contributed by atoms with Gasteiger partial charge in [0.15, 0.2) is 5.84 Å². The lowest BCUT2D eigenvalue weighted by atomic mass is 10.2. The number of hydrogen-bond donors (Lipinski definition) is 5. The minimum absolute atomic E-state index is 0.0143. The Hall–Kier alpha value is -2.65. The molecule has 0 aromatic carbocycles. The zero-order valence-corrected chi connectivity index (χ0v) is 11.8. The Kier molecular flexibility index (Phi) is 6.69. The van der Waals surface area contributed by atoms with Crippen LogP contribution in [0.3, 0.4) is 0 Å². The molecule has 0 saturated carbocycles. The highest BCUT2D eigenvalue weighted by atomic mass is 16.6. The molecule has 10 nitrogen and oxygen atoms in total. The first kappa shape index (κ1) is 17.3. The molecule has 10 heteroatoms. The van der Waals surface area contributed by atoms with Crippen molar-refractivity contribution in [2.24, 2.45) is 15.9 Å². The van der Waals surface area contributed by atoms with Crippen LogP contribution in [0.5, 0.6) is 0 Å². The van der Waals surface area contributed by atoms with Gasteiger partial charge in [-0.2, -0.15) is 5.53 Å². The maximum Gasteiger partial charge on any atom is 0.426 e. The minimum atomic E-state index is -0.749. The second kappa shape index (κ2) is 7.71. The van der Waals surface area contributed by atoms with Crippen LogP contribution in [0.1, 0.15) is 20.8 Å². The summed E-state index contributed by atoms with van der Waals surface area (Å²) in [7, 11) is 1.38. The fraction of sp³-hybridized carbons (Fsp3) is 0.500. The first-order chi connectivity index (χ1) is 9.25. The standard InChI is InChI=1S/C10H19N7O3/c1-10(2,3)20-9(19)16-14-7(13-4)6(5-11)8(18)15-17-12/h5H,11H2,1-4H3,(H,13,14)(H,16,19)(H2,12,15,18). The molecule has 0 unspecified atom stereocenters. The van der Waals surface area contributed by atoms with E-state index in [1.807, 2.05) is 5.43 Å². The van der Waals surface area contributed by atoms with Gasteiger partial charge in [-0.15, -0.1) is 0 Å². The van der Waals surface area contributed by atoms with Gasteiger partial charge in [0.1, 0.15) is 11.2 Å². The number of amides is 2. The van der Waals surface area contributed by atoms with E-state index in [0.717, 1.165) is 6.20 Å². The summed E-state index contributed by atoms with van der Waals surface area (Å²) in [5, 5.41) is 2.72. The Bertz CT molecular complexity index is 437. The van der Waals surface area contributed by atoms with E-state index >= 15 is 0 Å². The van der Waals surface area contributed by atoms with Crippen molar-refractivity contribution in [1.29, 1.82) is 5.53 Å². The second-order valence-corrected chi connectivity index (χ2v) is 4.46. The first-order valence-electron chi connectivity index (χ1n) is 5.56. The number of carbonyl (C=O) groups is 2. The van der Waals surface area contributed by atoms with Crippen LogP contribution < -0.4 is 22.0 Å². The van der Waals surface area contributed by atoms with E-state index in [-0.39, 0.29) is 11.4 Å². The van der Waals surface area contributed by atoms with Gasteiger partial charge in [-0.05, 0) is 20.8 Å². The fourth-order valence-electron chi connectivity index (χ4n) is 1.03. The van der Waals surface area contributed by atoms with Crippen molar-refractivity contribution in [3.63, 3.8) is 0 Å². The van der Waals surface area contributed by atoms with Crippen LogP contribution in [-0.2, 0) is 9.53 Å². The molecule has 0 radical (unpaired) electrons. The average Bonchev–Trinajstić information content (AvgIpc) is 2.32. The van der Waals surface area contributed by atoms with E-state index in [0.29, 0.717) is 0 Å². The Labute approximate surface area is 116 Å². The van der Waals surface area contributed by atoms with Gasteiger partial charge in [0.05, 0.1) is 0 Å². The zero-order valence-electron chi connectivity index (χ0n) is 11.8. The summed E-state index contributed by atoms with van der Waals surface area (Å²) in [6.07, 6.45) is 0.215. The third kappa shape index (κ3) is 6.33. The van der Waals surface area contributed by atoms with Gasteiger partial charge in [0.2, 0.25) is 0 Å². The lowest BCUT2D eigenvalue weighted by Gasteiger charge is -2.20. The van der Waals surface area contributed by atoms with E-state index in [2.05, 4.69) is 21.1 Å². The summed E-state index contributed by atoms with van der Waals surface area (Å²) < 4.78 is 4.99. The molecule has 6 N–H and O–H groups in total. The van der Waals surface area contributed by atoms with Gasteiger partial charge >= 0.3 is 6.09 Å². The molecule has 0 aliphatic rings. The van der Waals surface area contributed by atoms with E-state index in [1.165, 1.54) is 7.05 Å². The number of nitrogens with one attached hydrogen (secondary N) is 4. The van der Waals surface area contributed by atoms with Crippen LogP contribution in [0.4, 0.5) is 4.79 Å². The van der Waals surface area contributed by atoms with Gasteiger partial charge < -0.3 is 10.5 Å². The molecule has 0 aliphatic heterocycles. The van der Waals surface area contributed by atoms with Crippen LogP contribution >= 0.6 is 0 Å². The maximum atomic E-state index is 11.5. The Morgan fingerprint density at radius 3 is 2.30 bits per heavy atom. The highest BCUT2D eigenvalue weighted by Gasteiger charge is 2.19. The van der Waals surface area contributed by atoms with Crippen LogP contribution in [0.25, 0.3) is 0 Å². The number of nitrogens with two attached hydrogens (primary N) is 1. The quantitative estimate of drug-likeness (QED) is 0.162. The molecule has 0 aliphatic carbocycles. The number of hydrazine groups is 1. The van der Waals surface area contributed by atoms with Crippen molar-refractivity contribution in [3.8, 4) is 0 Å². The highest BCUT2D eigenvalue weighted by Crippen LogP contribution is 2.06. The number of nitrogens with zero attached hydrogens (tertiary/aromatic N) is 2. The Morgan fingerprint density at radius 1 is 1.30 bits per heavy atom. The summed E-state index contributed by atoms with van der Waals surface area (Å²) >= 11 is 0. The minimum Gasteiger partial charge on any atom is -0.443 e. The molecule has 0 saturated heterocycles. The molecule has 0 heterocycles. The number of carbonyl (C=O) groups excluding carboxylic acids is 2. The normalized spacial score (nSPS) is 12.4. The summed E-state index contributed by atoms with van der Waals surface area (Å²) in [5.41, 5.74) is 17.6. The Balaban J connectivity index is 4.68. The predicted molar refractivity (Wildman–Crippen MR) is 71.4 cm³/mol. The largest absolute Gasteiger partial charge is 0.443 e. The number of ether oxygens (including phenoxy) is 1. The lowest BCUT2D eigenvalue weighted by Crippen LogP contribution is -2.46. The van der Waals surface area contributed by atoms with Crippen molar-refractivity contribution in [2.75, 3.05) is 7.05 Å². The zero-order chi connectivity index (χ0) is 15.8. The Morgan fingerprint density at radius 2 is 1.90 bits per heavy atom. The van der Waals surface area contributed by atoms with E-state index in [9.17, 15) is 9.59 Å². The number of hydrogen-bond acceptors (Lipinski definition) is 7. The van der Waals surface area contributed by atoms with Gasteiger partial charge in [0.25, 0.3) is 5.91 Å². The molecule has 112 valence electrons. The fourth-order valence-corrected chi connectivity index (χ4v) is 1.03. The molecule has 20 heavy (non-hydrogen) atoms. The molecule has 0 atom stereocenters. The van der Waals surface area contributed by atoms with Crippen molar-refractivity contribution in [1.82, 2.24) is 16.3 Å². The molecular weight excluding hydrogens is 266 g/mol. The molecule has 0 fully saturated rings. The summed E-state index contributed by atoms with van der Waals surface area (Å²) in [5.74, 6) is -0.763. The predicted octanol–water partition coefficient (Wildman–Crippen LogP) is -0.0512. The van der Waals surface area contributed by atoms with Crippen LogP contribution in [0.15, 0.2) is 22.0 Å². The lowest BCUT2D eigenvalue weighted by molar-refractivity contribution is -0.117. The van der Waals surface area contributed by atoms with Gasteiger partial charge in [-0.1, -0.05) is 5.22 Å². The second-order valence-electron chi connectivity index (χ2n) is 4.46. The number of amidine groups is 1. The van der Waals surface area contributed by atoms with Crippen LogP contribution in [-0.4, -0.2) is 30.5 Å². The SMILES string of the molecule is CN=C(NNC(=O)OC(C)(C)C)C(=CN)C(=O)NN=N. The van der Waals surface area contributed by atoms with E-state index < -0.39 is 17.6 Å². The van der Waals surface area contributed by atoms with Crippen molar-refractivity contribution < 1.29 is 14.3 Å². The molecule has 2 amide bonds. The molecular formula is C10H19N7O3. The monoisotopic (exact) mass is 285 g/mol. The van der Waals surface area contributed by atoms with Crippen LogP contribution in [0.2, 0.25) is 0 Å². The smallest absolute Gasteiger partial charge is 0.426 e. The number of rotatable bonds is 3. The van der Waals surface area contributed by atoms with Crippen molar-refractivity contribution in [3.05, 3.63) is 11.8 Å². The first-order valence-corrected chi connectivity index (χ1v) is 5.56. The summed E-state index contributed by atoms with van der Waals surface area (Å²) in [6, 6.07) is 0. The van der Waals surface area contributed by atoms with E-state index in [4.69, 9.17) is 16.0 Å². The molecule has 0 spiro atoms. The highest BCUT2D eigenvalue weighted by molar-refractivity contribution is 6.20. The third-order valence-electron chi connectivity index (χ3n) is 1.73. The topological polar surface area (TPSA) is 154 Å². The summed E-state index contributed by atoms with van der Waals surface area (Å²) in [4.78, 5) is 26.7. The molecule has 0 rings (SSSR count). The van der Waals surface area contributed by atoms with E-state index in [1.54, 1.807) is 20.8 Å². The van der Waals surface area contributed by atoms with Crippen LogP contribution in [0, 0.1) is 5.53 Å². The van der Waals surface area contributed by atoms with Crippen molar-refractivity contribution >= 4 is 17.8 Å². The molecule has 0 aromatic heterocycles.